The predicted molar refractivity (Wildman–Crippen MR) is 87.2 cm³/mol. The molecule has 2 aromatic carbocycles. The van der Waals surface area contributed by atoms with Crippen LogP contribution < -0.4 is 9.46 Å². The zero-order valence-corrected chi connectivity index (χ0v) is 13.6. The number of anilines is 1. The van der Waals surface area contributed by atoms with E-state index in [0.717, 1.165) is 0 Å². The van der Waals surface area contributed by atoms with Gasteiger partial charge >= 0.3 is 0 Å². The van der Waals surface area contributed by atoms with E-state index in [1.54, 1.807) is 37.3 Å². The fourth-order valence-electron chi connectivity index (χ4n) is 2.22. The Balaban J connectivity index is 1.97. The molecule has 0 bridgehead atoms. The molecule has 0 amide bonds. The van der Waals surface area contributed by atoms with E-state index in [9.17, 15) is 8.42 Å². The first-order valence-corrected chi connectivity index (χ1v) is 8.60. The quantitative estimate of drug-likeness (QED) is 0.775. The van der Waals surface area contributed by atoms with Crippen molar-refractivity contribution in [2.24, 2.45) is 0 Å². The lowest BCUT2D eigenvalue weighted by Gasteiger charge is -2.12. The molecule has 1 heterocycles. The number of ether oxygens (including phenoxy) is 1. The van der Waals surface area contributed by atoms with Crippen LogP contribution in [0.2, 0.25) is 0 Å². The highest BCUT2D eigenvalue weighted by Gasteiger charge is 2.18. The van der Waals surface area contributed by atoms with Crippen LogP contribution in [0, 0.1) is 6.92 Å². The van der Waals surface area contributed by atoms with E-state index in [2.05, 4.69) is 9.71 Å². The smallest absolute Gasteiger partial charge is 0.262 e. The van der Waals surface area contributed by atoms with Gasteiger partial charge in [0.25, 0.3) is 10.0 Å². The van der Waals surface area contributed by atoms with Crippen molar-refractivity contribution in [1.82, 2.24) is 4.98 Å². The summed E-state index contributed by atoms with van der Waals surface area (Å²) >= 11 is 0. The van der Waals surface area contributed by atoms with Crippen LogP contribution in [-0.2, 0) is 10.0 Å². The Morgan fingerprint density at radius 2 is 2.00 bits per heavy atom. The van der Waals surface area contributed by atoms with Crippen LogP contribution in [-0.4, -0.2) is 20.0 Å². The maximum Gasteiger partial charge on any atom is 0.262 e. The number of hydrogen-bond acceptors (Lipinski definition) is 5. The van der Waals surface area contributed by atoms with Gasteiger partial charge in [-0.05, 0) is 31.2 Å². The van der Waals surface area contributed by atoms with Gasteiger partial charge in [-0.15, -0.1) is 0 Å². The second-order valence-corrected chi connectivity index (χ2v) is 6.58. The monoisotopic (exact) mass is 332 g/mol. The Kier molecular flexibility index (Phi) is 3.96. The minimum absolute atomic E-state index is 0.104. The normalized spacial score (nSPS) is 11.6. The SMILES string of the molecule is CCOc1ccccc1NS(=O)(=O)c1ccc2nc(C)oc2c1. The van der Waals surface area contributed by atoms with Crippen molar-refractivity contribution in [3.8, 4) is 5.75 Å². The summed E-state index contributed by atoms with van der Waals surface area (Å²) in [5.41, 5.74) is 1.45. The van der Waals surface area contributed by atoms with Crippen LogP contribution in [0.15, 0.2) is 51.8 Å². The van der Waals surface area contributed by atoms with E-state index in [-0.39, 0.29) is 4.90 Å². The third-order valence-corrected chi connectivity index (χ3v) is 4.57. The number of aromatic nitrogens is 1. The van der Waals surface area contributed by atoms with Crippen molar-refractivity contribution >= 4 is 26.8 Å². The Labute approximate surface area is 134 Å². The maximum atomic E-state index is 12.6. The summed E-state index contributed by atoms with van der Waals surface area (Å²) in [6.45, 7) is 4.00. The molecule has 0 spiro atoms. The minimum Gasteiger partial charge on any atom is -0.492 e. The Morgan fingerprint density at radius 1 is 1.22 bits per heavy atom. The molecule has 0 saturated carbocycles. The number of benzene rings is 2. The molecule has 3 rings (SSSR count). The van der Waals surface area contributed by atoms with Gasteiger partial charge in [-0.3, -0.25) is 4.72 Å². The lowest BCUT2D eigenvalue weighted by molar-refractivity contribution is 0.342. The van der Waals surface area contributed by atoms with E-state index >= 15 is 0 Å². The van der Waals surface area contributed by atoms with Gasteiger partial charge in [-0.25, -0.2) is 13.4 Å². The molecule has 7 heteroatoms. The van der Waals surface area contributed by atoms with E-state index in [0.29, 0.717) is 35.0 Å². The van der Waals surface area contributed by atoms with Crippen molar-refractivity contribution in [2.75, 3.05) is 11.3 Å². The van der Waals surface area contributed by atoms with Gasteiger partial charge < -0.3 is 9.15 Å². The summed E-state index contributed by atoms with van der Waals surface area (Å²) in [5.74, 6) is 0.972. The Bertz CT molecular complexity index is 948. The number of nitrogens with one attached hydrogen (secondary N) is 1. The summed E-state index contributed by atoms with van der Waals surface area (Å²) in [6.07, 6.45) is 0. The van der Waals surface area contributed by atoms with Crippen molar-refractivity contribution in [2.45, 2.75) is 18.7 Å². The van der Waals surface area contributed by atoms with Crippen molar-refractivity contribution in [3.63, 3.8) is 0 Å². The largest absolute Gasteiger partial charge is 0.492 e. The van der Waals surface area contributed by atoms with E-state index in [1.807, 2.05) is 6.92 Å². The molecule has 1 N–H and O–H groups in total. The molecule has 0 aliphatic carbocycles. The standard InChI is InChI=1S/C16H16N2O4S/c1-3-21-15-7-5-4-6-14(15)18-23(19,20)12-8-9-13-16(10-12)22-11(2)17-13/h4-10,18H,3H2,1-2H3. The van der Waals surface area contributed by atoms with Crippen LogP contribution >= 0.6 is 0 Å². The summed E-state index contributed by atoms with van der Waals surface area (Å²) in [7, 11) is -3.75. The first-order chi connectivity index (χ1) is 11.0. The summed E-state index contributed by atoms with van der Waals surface area (Å²) in [6, 6.07) is 11.5. The Morgan fingerprint density at radius 3 is 2.78 bits per heavy atom. The van der Waals surface area contributed by atoms with Gasteiger partial charge in [0.1, 0.15) is 11.3 Å². The maximum absolute atomic E-state index is 12.6. The summed E-state index contributed by atoms with van der Waals surface area (Å²) < 4.78 is 38.5. The van der Waals surface area contributed by atoms with Crippen LogP contribution in [0.1, 0.15) is 12.8 Å². The van der Waals surface area contributed by atoms with Crippen LogP contribution in [0.5, 0.6) is 5.75 Å². The lowest BCUT2D eigenvalue weighted by atomic mass is 10.3. The fourth-order valence-corrected chi connectivity index (χ4v) is 3.31. The number of fused-ring (bicyclic) bond motifs is 1. The molecule has 0 aliphatic rings. The number of aryl methyl sites for hydroxylation is 1. The molecule has 0 saturated heterocycles. The molecule has 3 aromatic rings. The molecule has 1 aromatic heterocycles. The summed E-state index contributed by atoms with van der Waals surface area (Å²) in [4.78, 5) is 4.26. The zero-order chi connectivity index (χ0) is 16.4. The average molecular weight is 332 g/mol. The van der Waals surface area contributed by atoms with Crippen LogP contribution in [0.25, 0.3) is 11.1 Å². The van der Waals surface area contributed by atoms with Gasteiger partial charge in [0.2, 0.25) is 0 Å². The van der Waals surface area contributed by atoms with Gasteiger partial charge in [-0.2, -0.15) is 0 Å². The van der Waals surface area contributed by atoms with Crippen molar-refractivity contribution < 1.29 is 17.6 Å². The number of sulfonamides is 1. The van der Waals surface area contributed by atoms with Gasteiger partial charge in [0.15, 0.2) is 11.5 Å². The third kappa shape index (κ3) is 3.14. The second-order valence-electron chi connectivity index (χ2n) is 4.90. The van der Waals surface area contributed by atoms with Crippen molar-refractivity contribution in [3.05, 3.63) is 48.4 Å². The fraction of sp³-hybridized carbons (Fsp3) is 0.188. The van der Waals surface area contributed by atoms with Gasteiger partial charge in [0, 0.05) is 13.0 Å². The number of para-hydroxylation sites is 2. The first-order valence-electron chi connectivity index (χ1n) is 7.11. The molecule has 120 valence electrons. The van der Waals surface area contributed by atoms with Gasteiger partial charge in [-0.1, -0.05) is 12.1 Å². The second kappa shape index (κ2) is 5.92. The van der Waals surface area contributed by atoms with E-state index in [4.69, 9.17) is 9.15 Å². The predicted octanol–water partition coefficient (Wildman–Crippen LogP) is 3.34. The average Bonchev–Trinajstić information content (AvgIpc) is 2.88. The molecule has 23 heavy (non-hydrogen) atoms. The number of nitrogens with zero attached hydrogens (tertiary/aromatic N) is 1. The molecular formula is C16H16N2O4S. The molecular weight excluding hydrogens is 316 g/mol. The molecule has 0 radical (unpaired) electrons. The molecule has 0 unspecified atom stereocenters. The van der Waals surface area contributed by atoms with Gasteiger partial charge in [0.05, 0.1) is 17.2 Å². The molecule has 6 nitrogen and oxygen atoms in total. The highest BCUT2D eigenvalue weighted by atomic mass is 32.2. The lowest BCUT2D eigenvalue weighted by Crippen LogP contribution is -2.13. The van der Waals surface area contributed by atoms with E-state index < -0.39 is 10.0 Å². The van der Waals surface area contributed by atoms with Crippen molar-refractivity contribution in [1.29, 1.82) is 0 Å². The summed E-state index contributed by atoms with van der Waals surface area (Å²) in [5, 5.41) is 0. The number of rotatable bonds is 5. The highest BCUT2D eigenvalue weighted by molar-refractivity contribution is 7.92. The van der Waals surface area contributed by atoms with Crippen LogP contribution in [0.3, 0.4) is 0 Å². The zero-order valence-electron chi connectivity index (χ0n) is 12.7. The highest BCUT2D eigenvalue weighted by Crippen LogP contribution is 2.27. The third-order valence-electron chi connectivity index (χ3n) is 3.21. The Hall–Kier alpha value is -2.54. The van der Waals surface area contributed by atoms with E-state index in [1.165, 1.54) is 12.1 Å². The number of oxazole rings is 1. The molecule has 0 aliphatic heterocycles. The topological polar surface area (TPSA) is 81.4 Å². The van der Waals surface area contributed by atoms with Crippen LogP contribution in [0.4, 0.5) is 5.69 Å². The molecule has 0 fully saturated rings. The first kappa shape index (κ1) is 15.4. The number of hydrogen-bond donors (Lipinski definition) is 1. The minimum atomic E-state index is -3.75. The molecule has 0 atom stereocenters.